The highest BCUT2D eigenvalue weighted by Gasteiger charge is 2.57. The Hall–Kier alpha value is -1.55. The second-order valence-electron chi connectivity index (χ2n) is 9.63. The molecule has 4 nitrogen and oxygen atoms in total. The summed E-state index contributed by atoms with van der Waals surface area (Å²) in [6.45, 7) is 10.4. The molecule has 2 N–H and O–H groups in total. The van der Waals surface area contributed by atoms with Crippen molar-refractivity contribution >= 4 is 5.97 Å². The number of rotatable bonds is 3. The van der Waals surface area contributed by atoms with E-state index in [0.717, 1.165) is 38.5 Å². The van der Waals surface area contributed by atoms with Crippen LogP contribution in [0.2, 0.25) is 0 Å². The Balaban J connectivity index is 1.58. The third-order valence-electron chi connectivity index (χ3n) is 8.43. The van der Waals surface area contributed by atoms with Gasteiger partial charge in [-0.25, -0.2) is 0 Å². The molecule has 0 bridgehead atoms. The van der Waals surface area contributed by atoms with Gasteiger partial charge >= 0.3 is 5.97 Å². The lowest BCUT2D eigenvalue weighted by atomic mass is 9.47. The third kappa shape index (κ3) is 2.79. The molecule has 0 amide bonds. The molecule has 0 spiro atoms. The van der Waals surface area contributed by atoms with Crippen LogP contribution >= 0.6 is 0 Å². The van der Waals surface area contributed by atoms with Crippen LogP contribution < -0.4 is 5.48 Å². The van der Waals surface area contributed by atoms with Crippen molar-refractivity contribution in [1.82, 2.24) is 5.48 Å². The standard InChI is InChI=1S/C23H33NO3/c1-14(24-26)19-7-8-20-18-6-5-16-13-17(27-15(2)25)9-11-22(16,3)21(18)10-12-23(19,20)4/h5,7,17-18,20-21,24,26H,1,6,8-13H2,2-4H3/t17-,18+,20-,21-,22+,23-/m1/s1. The van der Waals surface area contributed by atoms with Crippen molar-refractivity contribution < 1.29 is 14.7 Å². The summed E-state index contributed by atoms with van der Waals surface area (Å²) in [7, 11) is 0. The van der Waals surface area contributed by atoms with E-state index in [4.69, 9.17) is 4.74 Å². The fourth-order valence-electron chi connectivity index (χ4n) is 7.06. The Morgan fingerprint density at radius 1 is 1.19 bits per heavy atom. The number of fused-ring (bicyclic) bond motifs is 5. The van der Waals surface area contributed by atoms with Gasteiger partial charge in [-0.2, -0.15) is 0 Å². The number of carbonyl (C=O) groups is 1. The average Bonchev–Trinajstić information content (AvgIpc) is 2.98. The predicted octanol–water partition coefficient (Wildman–Crippen LogP) is 4.91. The van der Waals surface area contributed by atoms with Gasteiger partial charge < -0.3 is 4.74 Å². The Kier molecular flexibility index (Phi) is 4.53. The molecule has 2 fully saturated rings. The van der Waals surface area contributed by atoms with E-state index in [-0.39, 0.29) is 22.9 Å². The Labute approximate surface area is 162 Å². The molecule has 4 aliphatic rings. The van der Waals surface area contributed by atoms with Crippen LogP contribution in [0, 0.1) is 28.6 Å². The first kappa shape index (κ1) is 18.8. The highest BCUT2D eigenvalue weighted by atomic mass is 16.5. The van der Waals surface area contributed by atoms with Crippen LogP contribution in [0.15, 0.2) is 35.6 Å². The number of carbonyl (C=O) groups excluding carboxylic acids is 1. The Morgan fingerprint density at radius 2 is 1.93 bits per heavy atom. The average molecular weight is 372 g/mol. The van der Waals surface area contributed by atoms with Gasteiger partial charge in [-0.05, 0) is 72.7 Å². The number of hydrogen-bond donors (Lipinski definition) is 2. The zero-order valence-electron chi connectivity index (χ0n) is 16.9. The van der Waals surface area contributed by atoms with Gasteiger partial charge in [0.2, 0.25) is 0 Å². The molecule has 0 aliphatic heterocycles. The maximum Gasteiger partial charge on any atom is 0.302 e. The van der Waals surface area contributed by atoms with Crippen LogP contribution in [-0.2, 0) is 9.53 Å². The van der Waals surface area contributed by atoms with E-state index in [1.165, 1.54) is 24.5 Å². The molecule has 0 aromatic rings. The van der Waals surface area contributed by atoms with Crippen LogP contribution in [-0.4, -0.2) is 17.3 Å². The van der Waals surface area contributed by atoms with Crippen LogP contribution in [0.4, 0.5) is 0 Å². The van der Waals surface area contributed by atoms with E-state index in [2.05, 4.69) is 38.1 Å². The molecule has 0 aromatic carbocycles. The highest BCUT2D eigenvalue weighted by molar-refractivity contribution is 5.66. The van der Waals surface area contributed by atoms with E-state index in [9.17, 15) is 10.0 Å². The first-order valence-corrected chi connectivity index (χ1v) is 10.5. The lowest BCUT2D eigenvalue weighted by molar-refractivity contribution is -0.148. The zero-order chi connectivity index (χ0) is 19.4. The fourth-order valence-corrected chi connectivity index (χ4v) is 7.06. The molecule has 4 aliphatic carbocycles. The summed E-state index contributed by atoms with van der Waals surface area (Å²) in [5, 5.41) is 9.38. The molecule has 0 aromatic heterocycles. The molecule has 0 unspecified atom stereocenters. The number of ether oxygens (including phenoxy) is 1. The molecule has 4 heteroatoms. The third-order valence-corrected chi connectivity index (χ3v) is 8.43. The van der Waals surface area contributed by atoms with Gasteiger partial charge in [-0.15, -0.1) is 0 Å². The maximum atomic E-state index is 11.4. The van der Waals surface area contributed by atoms with Crippen molar-refractivity contribution in [3.8, 4) is 0 Å². The van der Waals surface area contributed by atoms with Crippen LogP contribution in [0.1, 0.15) is 65.7 Å². The van der Waals surface area contributed by atoms with E-state index in [1.807, 2.05) is 0 Å². The van der Waals surface area contributed by atoms with Crippen molar-refractivity contribution in [3.63, 3.8) is 0 Å². The summed E-state index contributed by atoms with van der Waals surface area (Å²) in [4.78, 5) is 11.4. The lowest BCUT2D eigenvalue weighted by Gasteiger charge is -2.57. The number of hydroxylamine groups is 1. The van der Waals surface area contributed by atoms with Gasteiger partial charge in [0.05, 0.1) is 5.70 Å². The summed E-state index contributed by atoms with van der Waals surface area (Å²) < 4.78 is 5.53. The molecule has 148 valence electrons. The normalized spacial score (nSPS) is 42.8. The monoisotopic (exact) mass is 371 g/mol. The van der Waals surface area contributed by atoms with Gasteiger partial charge in [0, 0.05) is 13.3 Å². The van der Waals surface area contributed by atoms with Crippen LogP contribution in [0.5, 0.6) is 0 Å². The SMILES string of the molecule is C=C(NO)C1=CC[C@@H]2[C@@H]3CC=C4C[C@H](OC(C)=O)CC[C@]4(C)[C@@H]3CC[C@]12C. The summed E-state index contributed by atoms with van der Waals surface area (Å²) in [6.07, 6.45) is 12.4. The number of esters is 1. The second kappa shape index (κ2) is 6.51. The molecular weight excluding hydrogens is 338 g/mol. The minimum absolute atomic E-state index is 0.0610. The fraction of sp³-hybridized carbons (Fsp3) is 0.696. The molecule has 0 heterocycles. The van der Waals surface area contributed by atoms with Crippen molar-refractivity contribution in [2.24, 2.45) is 28.6 Å². The topological polar surface area (TPSA) is 58.6 Å². The Morgan fingerprint density at radius 3 is 2.63 bits per heavy atom. The second-order valence-corrected chi connectivity index (χ2v) is 9.63. The quantitative estimate of drug-likeness (QED) is 0.420. The molecular formula is C23H33NO3. The molecule has 0 saturated heterocycles. The first-order chi connectivity index (χ1) is 12.8. The molecule has 0 radical (unpaired) electrons. The lowest BCUT2D eigenvalue weighted by Crippen LogP contribution is -2.50. The highest BCUT2D eigenvalue weighted by Crippen LogP contribution is 2.65. The summed E-state index contributed by atoms with van der Waals surface area (Å²) >= 11 is 0. The van der Waals surface area contributed by atoms with Crippen molar-refractivity contribution in [1.29, 1.82) is 0 Å². The summed E-state index contributed by atoms with van der Waals surface area (Å²) in [5.74, 6) is 1.85. The van der Waals surface area contributed by atoms with Crippen LogP contribution in [0.25, 0.3) is 0 Å². The van der Waals surface area contributed by atoms with Gasteiger partial charge in [-0.1, -0.05) is 38.2 Å². The zero-order valence-corrected chi connectivity index (χ0v) is 16.9. The van der Waals surface area contributed by atoms with E-state index in [1.54, 1.807) is 0 Å². The van der Waals surface area contributed by atoms with E-state index in [0.29, 0.717) is 23.5 Å². The number of nitrogens with one attached hydrogen (secondary N) is 1. The van der Waals surface area contributed by atoms with E-state index >= 15 is 0 Å². The minimum Gasteiger partial charge on any atom is -0.462 e. The maximum absolute atomic E-state index is 11.4. The molecule has 4 rings (SSSR count). The van der Waals surface area contributed by atoms with Crippen molar-refractivity contribution in [2.45, 2.75) is 71.8 Å². The first-order valence-electron chi connectivity index (χ1n) is 10.5. The molecule has 2 saturated carbocycles. The van der Waals surface area contributed by atoms with Gasteiger partial charge in [0.15, 0.2) is 0 Å². The largest absolute Gasteiger partial charge is 0.462 e. The van der Waals surface area contributed by atoms with E-state index < -0.39 is 0 Å². The predicted molar refractivity (Wildman–Crippen MR) is 105 cm³/mol. The van der Waals surface area contributed by atoms with Gasteiger partial charge in [0.1, 0.15) is 6.10 Å². The number of allylic oxidation sites excluding steroid dienone is 3. The number of hydrogen-bond acceptors (Lipinski definition) is 4. The summed E-state index contributed by atoms with van der Waals surface area (Å²) in [6, 6.07) is 0. The molecule has 27 heavy (non-hydrogen) atoms. The van der Waals surface area contributed by atoms with Gasteiger partial charge in [0.25, 0.3) is 0 Å². The van der Waals surface area contributed by atoms with Crippen molar-refractivity contribution in [2.75, 3.05) is 0 Å². The van der Waals surface area contributed by atoms with Crippen LogP contribution in [0.3, 0.4) is 0 Å². The summed E-state index contributed by atoms with van der Waals surface area (Å²) in [5.41, 5.74) is 6.06. The van der Waals surface area contributed by atoms with Gasteiger partial charge in [-0.3, -0.25) is 15.5 Å². The smallest absolute Gasteiger partial charge is 0.302 e. The Bertz CT molecular complexity index is 723. The molecule has 6 atom stereocenters. The van der Waals surface area contributed by atoms with Crippen molar-refractivity contribution in [3.05, 3.63) is 35.6 Å². The minimum atomic E-state index is -0.159.